The van der Waals surface area contributed by atoms with Gasteiger partial charge in [-0.3, -0.25) is 19.9 Å². The minimum atomic E-state index is -1.74. The van der Waals surface area contributed by atoms with Crippen molar-refractivity contribution in [1.82, 2.24) is 19.9 Å². The van der Waals surface area contributed by atoms with Gasteiger partial charge in [-0.2, -0.15) is 0 Å². The van der Waals surface area contributed by atoms with Crippen LogP contribution in [0.15, 0.2) is 195 Å². The summed E-state index contributed by atoms with van der Waals surface area (Å²) < 4.78 is 11.7. The van der Waals surface area contributed by atoms with Crippen molar-refractivity contribution in [2.75, 3.05) is 0 Å². The van der Waals surface area contributed by atoms with Crippen molar-refractivity contribution in [3.63, 3.8) is 0 Å². The minimum absolute atomic E-state index is 0. The second kappa shape index (κ2) is 60.0. The van der Waals surface area contributed by atoms with Crippen molar-refractivity contribution < 1.29 is 54.1 Å². The van der Waals surface area contributed by atoms with E-state index in [0.29, 0.717) is 0 Å². The Balaban J connectivity index is -0.000000104. The molecule has 0 radical (unpaired) electrons. The third-order valence-corrected chi connectivity index (χ3v) is 11.7. The van der Waals surface area contributed by atoms with Crippen LogP contribution in [0.3, 0.4) is 0 Å². The predicted octanol–water partition coefficient (Wildman–Crippen LogP) is 18.9. The van der Waals surface area contributed by atoms with Gasteiger partial charge in [-0.25, -0.2) is 0 Å². The summed E-state index contributed by atoms with van der Waals surface area (Å²) in [6.45, 7) is 12.5. The van der Waals surface area contributed by atoms with Crippen LogP contribution in [0.1, 0.15) is 52.7 Å². The molecule has 2 aromatic carbocycles. The average Bonchev–Trinajstić information content (AvgIpc) is 3.30. The summed E-state index contributed by atoms with van der Waals surface area (Å²) in [5.74, 6) is 0. The number of hydrogen-bond acceptors (Lipinski definition) is 4. The number of benzene rings is 2. The van der Waals surface area contributed by atoms with Crippen LogP contribution in [-0.4, -0.2) is 37.0 Å². The Kier molecular flexibility index (Phi) is 73.1. The summed E-state index contributed by atoms with van der Waals surface area (Å²) >= 11 is -6.81. The summed E-state index contributed by atoms with van der Waals surface area (Å²) in [6.07, 6.45) is 21.5. The average molecular weight is 1460 g/mol. The van der Waals surface area contributed by atoms with Gasteiger partial charge in [0, 0.05) is 49.6 Å². The molecule has 0 bridgehead atoms. The zero-order valence-corrected chi connectivity index (χ0v) is 54.9. The van der Waals surface area contributed by atoms with Crippen LogP contribution in [-0.2, 0) is 54.1 Å². The molecular weight excluding hydrogens is 1390 g/mol. The van der Waals surface area contributed by atoms with Gasteiger partial charge in [0.1, 0.15) is 0 Å². The molecule has 0 unspecified atom stereocenters. The first-order valence-electron chi connectivity index (χ1n) is 18.3. The van der Waals surface area contributed by atoms with Crippen molar-refractivity contribution >= 4 is 107 Å². The fourth-order valence-corrected chi connectivity index (χ4v) is 7.60. The van der Waals surface area contributed by atoms with E-state index in [1.807, 2.05) is 158 Å². The van der Waals surface area contributed by atoms with Crippen molar-refractivity contribution in [1.29, 1.82) is 0 Å². The topological polar surface area (TPSA) is 51.6 Å². The number of hydrogen-bond donors (Lipinski definition) is 0. The molecule has 0 aliphatic heterocycles. The van der Waals surface area contributed by atoms with Crippen LogP contribution >= 0.6 is 77.5 Å². The smallest absolute Gasteiger partial charge is 0.0267 e. The normalized spacial score (nSPS) is 9.11. The Labute approximate surface area is 478 Å². The molecule has 0 spiro atoms. The van der Waals surface area contributed by atoms with Crippen LogP contribution in [0.25, 0.3) is 12.2 Å². The predicted molar refractivity (Wildman–Crippen MR) is 312 cm³/mol. The zero-order chi connectivity index (χ0) is 48.2. The van der Waals surface area contributed by atoms with Gasteiger partial charge in [0.05, 0.1) is 0 Å². The molecule has 6 aromatic rings. The molecule has 16 heteroatoms. The Morgan fingerprint density at radius 2 is 0.500 bits per heavy atom. The molecule has 6 rings (SSSR count). The Hall–Kier alpha value is -1.55. The van der Waals surface area contributed by atoms with Crippen molar-refractivity contribution in [3.05, 3.63) is 251 Å². The fraction of sp³-hybridized carbons (Fsp3) is 0.148. The molecule has 0 N–H and O–H groups in total. The SMILES string of the molecule is CC(C)(C)C=[C]=[Ru]([Cl])[Cl].CC(C)(C)C=[C]=[Ru]([Cl])[Cl].[CH3-].[CH3-].[CH3-].[CH3-].[CH3-].[CH3-].[Cl][Ru]([Cl])=[C]=Cc1ccccc1.[Cl][Ru]([Cl])=[C]=Cc1ccccc1.c1ccncc1.c1ccncc1.c1ccncc1.c1ccncc1. The van der Waals surface area contributed by atoms with Crippen LogP contribution in [0, 0.1) is 55.4 Å². The van der Waals surface area contributed by atoms with Gasteiger partial charge in [0.15, 0.2) is 0 Å². The van der Waals surface area contributed by atoms with Crippen molar-refractivity contribution in [2.24, 2.45) is 10.8 Å². The van der Waals surface area contributed by atoms with Gasteiger partial charge in [-0.15, -0.1) is 0 Å². The maximum Gasteiger partial charge on any atom is 0.0267 e. The first-order chi connectivity index (χ1) is 30.4. The van der Waals surface area contributed by atoms with Gasteiger partial charge in [-0.1, -0.05) is 24.3 Å². The van der Waals surface area contributed by atoms with E-state index in [2.05, 4.69) is 78.5 Å². The van der Waals surface area contributed by atoms with Crippen LogP contribution in [0.2, 0.25) is 0 Å². The van der Waals surface area contributed by atoms with Gasteiger partial charge < -0.3 is 44.6 Å². The molecule has 0 saturated heterocycles. The molecule has 4 heterocycles. The molecule has 0 atom stereocenters. The first kappa shape index (κ1) is 85.2. The van der Waals surface area contributed by atoms with E-state index in [1.54, 1.807) is 49.6 Å². The Morgan fingerprint density at radius 1 is 0.314 bits per heavy atom. The van der Waals surface area contributed by atoms with Crippen molar-refractivity contribution in [2.45, 2.75) is 41.5 Å². The Bertz CT molecular complexity index is 1910. The monoisotopic (exact) mass is 1460 g/mol. The first-order valence-corrected chi connectivity index (χ1v) is 39.7. The summed E-state index contributed by atoms with van der Waals surface area (Å²) in [6, 6.07) is 42.6. The van der Waals surface area contributed by atoms with Crippen LogP contribution < -0.4 is 0 Å². The maximum absolute atomic E-state index is 5.59. The third kappa shape index (κ3) is 77.9. The van der Waals surface area contributed by atoms with E-state index >= 15 is 0 Å². The summed E-state index contributed by atoms with van der Waals surface area (Å²) in [4.78, 5) is 15.1. The molecule has 0 aliphatic carbocycles. The molecule has 70 heavy (non-hydrogen) atoms. The quantitative estimate of drug-likeness (QED) is 0.128. The molecule has 0 saturated carbocycles. The van der Waals surface area contributed by atoms with Gasteiger partial charge in [0.2, 0.25) is 0 Å². The summed E-state index contributed by atoms with van der Waals surface area (Å²) in [7, 11) is 44.6. The summed E-state index contributed by atoms with van der Waals surface area (Å²) in [5, 5.41) is 0. The minimum Gasteiger partial charge on any atom is -0.265 e. The molecule has 0 amide bonds. The molecule has 4 nitrogen and oxygen atoms in total. The number of rotatable bonds is 2. The largest absolute Gasteiger partial charge is 0.265 e. The number of aromatic nitrogens is 4. The van der Waals surface area contributed by atoms with E-state index < -0.39 is 54.1 Å². The van der Waals surface area contributed by atoms with E-state index in [9.17, 15) is 0 Å². The summed E-state index contributed by atoms with van der Waals surface area (Å²) in [5.41, 5.74) is 2.51. The van der Waals surface area contributed by atoms with Crippen LogP contribution in [0.5, 0.6) is 0 Å². The Morgan fingerprint density at radius 3 is 0.614 bits per heavy atom. The number of halogens is 8. The maximum atomic E-state index is 5.59. The van der Waals surface area contributed by atoms with E-state index in [0.717, 1.165) is 11.1 Å². The van der Waals surface area contributed by atoms with E-state index in [-0.39, 0.29) is 55.4 Å². The second-order valence-electron chi connectivity index (χ2n) is 13.4. The molecule has 4 aromatic heterocycles. The van der Waals surface area contributed by atoms with E-state index in [4.69, 9.17) is 77.5 Å². The van der Waals surface area contributed by atoms with Gasteiger partial charge in [-0.05, 0) is 48.5 Å². The number of nitrogens with zero attached hydrogens (tertiary/aromatic N) is 4. The number of allylic oxidation sites excluding steroid dienone is 2. The molecular formula is C54H70Cl8N4Ru4-6. The van der Waals surface area contributed by atoms with Crippen LogP contribution in [0.4, 0.5) is 0 Å². The zero-order valence-electron chi connectivity index (χ0n) is 41.9. The fourth-order valence-electron chi connectivity index (χ4n) is 2.93. The molecule has 400 valence electrons. The number of pyridine rings is 4. The molecule has 0 fully saturated rings. The van der Waals surface area contributed by atoms with Gasteiger partial charge in [0.25, 0.3) is 0 Å². The second-order valence-corrected chi connectivity index (χ2v) is 34.9. The van der Waals surface area contributed by atoms with E-state index in [1.165, 1.54) is 0 Å². The van der Waals surface area contributed by atoms with Gasteiger partial charge >= 0.3 is 297 Å². The third-order valence-electron chi connectivity index (χ3n) is 5.58. The van der Waals surface area contributed by atoms with Crippen molar-refractivity contribution in [3.8, 4) is 0 Å². The standard InChI is InChI=1S/2C8H6.2C6H10.4C5H5N.6CH3.8ClH.4Ru/c2*1-2-8-6-4-3-5-7-8;2*1-5-6(2,3)4;4*1-2-4-6-5-3-1;;;;;;;;;;;;;;;;;;/h2*2-7H;2*5H,2-4H3;4*1-5H;6*1H3;8*1H;;;;/q;;;;;;;;6*-1;;;;;;;;;4*+2/p-8. The molecule has 0 aliphatic rings.